The molecule has 0 amide bonds. The number of anilines is 1. The molecule has 30 heavy (non-hydrogen) atoms. The van der Waals surface area contributed by atoms with Crippen LogP contribution in [0, 0.1) is 0 Å². The lowest BCUT2D eigenvalue weighted by molar-refractivity contribution is -0.133. The van der Waals surface area contributed by atoms with Crippen molar-refractivity contribution >= 4 is 59.1 Å². The van der Waals surface area contributed by atoms with Gasteiger partial charge in [0.2, 0.25) is 0 Å². The van der Waals surface area contributed by atoms with Gasteiger partial charge in [0.05, 0.1) is 39.4 Å². The van der Waals surface area contributed by atoms with Crippen molar-refractivity contribution in [1.82, 2.24) is 0 Å². The third kappa shape index (κ3) is 3.59. The number of nitrogens with zero attached hydrogens (tertiary/aromatic N) is 2. The Morgan fingerprint density at radius 3 is 2.50 bits per heavy atom. The summed E-state index contributed by atoms with van der Waals surface area (Å²) in [6.45, 7) is 0.715. The average molecular weight is 509 g/mol. The van der Waals surface area contributed by atoms with E-state index < -0.39 is 32.4 Å². The van der Waals surface area contributed by atoms with E-state index in [1.54, 1.807) is 52.8 Å². The van der Waals surface area contributed by atoms with E-state index in [2.05, 4.69) is 20.3 Å². The Labute approximate surface area is 184 Å². The van der Waals surface area contributed by atoms with Crippen LogP contribution in [0.1, 0.15) is 0 Å². The van der Waals surface area contributed by atoms with Gasteiger partial charge < -0.3 is 10.2 Å². The molecule has 156 valence electrons. The molecule has 2 N–H and O–H groups in total. The van der Waals surface area contributed by atoms with Gasteiger partial charge in [0.15, 0.2) is 9.92 Å². The van der Waals surface area contributed by atoms with Crippen LogP contribution in [0.3, 0.4) is 0 Å². The van der Waals surface area contributed by atoms with E-state index in [-0.39, 0.29) is 10.6 Å². The molecule has 0 aromatic heterocycles. The quantitative estimate of drug-likeness (QED) is 0.545. The number of aliphatic carboxylic acids is 1. The third-order valence-electron chi connectivity index (χ3n) is 4.72. The Morgan fingerprint density at radius 2 is 1.83 bits per heavy atom. The van der Waals surface area contributed by atoms with Crippen LogP contribution in [0.4, 0.5) is 5.69 Å². The molecule has 0 saturated carbocycles. The van der Waals surface area contributed by atoms with E-state index in [1.807, 2.05) is 0 Å². The predicted octanol–water partition coefficient (Wildman–Crippen LogP) is 3.76. The molecule has 4 rings (SSSR count). The van der Waals surface area contributed by atoms with Gasteiger partial charge in [0.25, 0.3) is 0 Å². The van der Waals surface area contributed by atoms with Gasteiger partial charge in [-0.05, 0) is 30.3 Å². The molecule has 0 spiro atoms. The Bertz CT molecular complexity index is 1300. The standard InChI is InChI=1S/C20H17BrN2O5S2/c21-13-5-7-14(8-6-13)30(28)22-9-10-23(30)17-11-18(29(27)12-19(24)25)20(26)16-4-2-1-3-15(16)17/h1-8,11,26H,9-10,12H2,(H,24,25). The number of carboxylic acids is 1. The van der Waals surface area contributed by atoms with Crippen LogP contribution in [-0.4, -0.2) is 43.4 Å². The molecule has 1 aliphatic rings. The SMILES string of the molecule is O=C(O)CS(=O)c1cc(N2CCN=S2(=O)c2ccc(Br)cc2)c2ccccc2c1O. The maximum absolute atomic E-state index is 13.9. The van der Waals surface area contributed by atoms with Gasteiger partial charge in [-0.2, -0.15) is 0 Å². The van der Waals surface area contributed by atoms with E-state index in [0.717, 1.165) is 4.47 Å². The molecule has 0 radical (unpaired) electrons. The van der Waals surface area contributed by atoms with Gasteiger partial charge in [0.1, 0.15) is 11.5 Å². The number of phenols is 1. The Hall–Kier alpha value is -2.43. The largest absolute Gasteiger partial charge is 0.506 e. The van der Waals surface area contributed by atoms with Gasteiger partial charge in [-0.15, -0.1) is 0 Å². The first kappa shape index (κ1) is 20.8. The summed E-state index contributed by atoms with van der Waals surface area (Å²) >= 11 is 3.37. The van der Waals surface area contributed by atoms with Crippen molar-refractivity contribution in [2.75, 3.05) is 23.1 Å². The number of halogens is 1. The first-order valence-electron chi connectivity index (χ1n) is 8.92. The molecule has 7 nitrogen and oxygen atoms in total. The smallest absolute Gasteiger partial charge is 0.316 e. The number of hydrogen-bond donors (Lipinski definition) is 2. The molecule has 0 aliphatic carbocycles. The number of fused-ring (bicyclic) bond motifs is 1. The third-order valence-corrected chi connectivity index (χ3v) is 8.95. The van der Waals surface area contributed by atoms with Crippen molar-refractivity contribution in [2.24, 2.45) is 4.36 Å². The maximum atomic E-state index is 13.9. The highest BCUT2D eigenvalue weighted by Crippen LogP contribution is 2.41. The fraction of sp³-hybridized carbons (Fsp3) is 0.150. The lowest BCUT2D eigenvalue weighted by atomic mass is 10.1. The summed E-state index contributed by atoms with van der Waals surface area (Å²) in [5, 5.41) is 20.7. The molecule has 0 fully saturated rings. The summed E-state index contributed by atoms with van der Waals surface area (Å²) in [6.07, 6.45) is 0. The zero-order chi connectivity index (χ0) is 21.5. The predicted molar refractivity (Wildman–Crippen MR) is 120 cm³/mol. The molecule has 3 aromatic carbocycles. The van der Waals surface area contributed by atoms with Crippen molar-refractivity contribution in [3.8, 4) is 5.75 Å². The summed E-state index contributed by atoms with van der Waals surface area (Å²) in [5.74, 6) is -2.12. The van der Waals surface area contributed by atoms with E-state index in [9.17, 15) is 18.3 Å². The van der Waals surface area contributed by atoms with Crippen LogP contribution in [-0.2, 0) is 25.5 Å². The molecule has 2 unspecified atom stereocenters. The fourth-order valence-electron chi connectivity index (χ4n) is 3.40. The second-order valence-corrected chi connectivity index (χ2v) is 11.1. The normalized spacial score (nSPS) is 19.6. The van der Waals surface area contributed by atoms with Gasteiger partial charge in [-0.3, -0.25) is 13.3 Å². The fourth-order valence-corrected chi connectivity index (χ4v) is 6.72. The number of hydrogen-bond acceptors (Lipinski definition) is 5. The highest BCUT2D eigenvalue weighted by atomic mass is 79.9. The highest BCUT2D eigenvalue weighted by Gasteiger charge is 2.30. The summed E-state index contributed by atoms with van der Waals surface area (Å²) < 4.78 is 33.4. The van der Waals surface area contributed by atoms with Crippen LogP contribution < -0.4 is 4.31 Å². The molecule has 2 atom stereocenters. The summed E-state index contributed by atoms with van der Waals surface area (Å²) in [5.41, 5.74) is 0.492. The molecular formula is C20H17BrN2O5S2. The minimum absolute atomic E-state index is 0.00411. The van der Waals surface area contributed by atoms with Crippen molar-refractivity contribution in [2.45, 2.75) is 9.79 Å². The first-order valence-corrected chi connectivity index (χ1v) is 12.5. The van der Waals surface area contributed by atoms with Gasteiger partial charge in [-0.1, -0.05) is 40.2 Å². The molecule has 1 aliphatic heterocycles. The van der Waals surface area contributed by atoms with Crippen LogP contribution in [0.2, 0.25) is 0 Å². The summed E-state index contributed by atoms with van der Waals surface area (Å²) in [6, 6.07) is 15.4. The second-order valence-electron chi connectivity index (χ2n) is 6.58. The zero-order valence-corrected chi connectivity index (χ0v) is 18.7. The summed E-state index contributed by atoms with van der Waals surface area (Å²) in [4.78, 5) is 11.6. The van der Waals surface area contributed by atoms with Crippen molar-refractivity contribution in [1.29, 1.82) is 0 Å². The molecule has 10 heteroatoms. The van der Waals surface area contributed by atoms with E-state index in [1.165, 1.54) is 6.07 Å². The van der Waals surface area contributed by atoms with Crippen molar-refractivity contribution in [3.63, 3.8) is 0 Å². The van der Waals surface area contributed by atoms with E-state index >= 15 is 0 Å². The molecule has 0 saturated heterocycles. The van der Waals surface area contributed by atoms with Crippen molar-refractivity contribution in [3.05, 3.63) is 59.1 Å². The number of carboxylic acid groups (broad SMARTS) is 1. The number of rotatable bonds is 5. The summed E-state index contributed by atoms with van der Waals surface area (Å²) in [7, 11) is -4.94. The van der Waals surface area contributed by atoms with E-state index in [4.69, 9.17) is 5.11 Å². The number of phenolic OH excluding ortho intramolecular Hbond substituents is 1. The molecule has 1 heterocycles. The van der Waals surface area contributed by atoms with Gasteiger partial charge >= 0.3 is 5.97 Å². The molecule has 3 aromatic rings. The first-order chi connectivity index (χ1) is 14.3. The number of aromatic hydroxyl groups is 1. The maximum Gasteiger partial charge on any atom is 0.316 e. The van der Waals surface area contributed by atoms with Crippen LogP contribution >= 0.6 is 15.9 Å². The Kier molecular flexibility index (Phi) is 5.56. The van der Waals surface area contributed by atoms with Crippen molar-refractivity contribution < 1.29 is 23.4 Å². The van der Waals surface area contributed by atoms with Crippen LogP contribution in [0.15, 0.2) is 73.2 Å². The zero-order valence-electron chi connectivity index (χ0n) is 15.5. The average Bonchev–Trinajstić information content (AvgIpc) is 3.11. The van der Waals surface area contributed by atoms with Crippen LogP contribution in [0.5, 0.6) is 5.75 Å². The number of benzene rings is 3. The highest BCUT2D eigenvalue weighted by molar-refractivity contribution is 9.10. The van der Waals surface area contributed by atoms with Gasteiger partial charge in [-0.25, -0.2) is 8.57 Å². The van der Waals surface area contributed by atoms with Crippen LogP contribution in [0.25, 0.3) is 10.8 Å². The molecular weight excluding hydrogens is 492 g/mol. The Balaban J connectivity index is 1.94. The Morgan fingerprint density at radius 1 is 1.17 bits per heavy atom. The lowest BCUT2D eigenvalue weighted by Gasteiger charge is -2.25. The molecule has 0 bridgehead atoms. The minimum atomic E-state index is -2.97. The minimum Gasteiger partial charge on any atom is -0.506 e. The van der Waals surface area contributed by atoms with E-state index in [0.29, 0.717) is 34.4 Å². The topological polar surface area (TPSA) is 107 Å². The van der Waals surface area contributed by atoms with Gasteiger partial charge in [0, 0.05) is 15.2 Å². The lowest BCUT2D eigenvalue weighted by Crippen LogP contribution is -2.27. The number of carbonyl (C=O) groups is 1. The second kappa shape index (κ2) is 8.01. The monoisotopic (exact) mass is 508 g/mol.